The van der Waals surface area contributed by atoms with Crippen molar-refractivity contribution in [1.82, 2.24) is 0 Å². The number of unbranched alkanes of at least 4 members (excludes halogenated alkanes) is 1. The van der Waals surface area contributed by atoms with Gasteiger partial charge in [-0.05, 0) is 184 Å². The van der Waals surface area contributed by atoms with Crippen LogP contribution in [0.4, 0.5) is 0 Å². The van der Waals surface area contributed by atoms with Gasteiger partial charge in [0.15, 0.2) is 0 Å². The topological polar surface area (TPSA) is 52.6 Å². The first-order valence-corrected chi connectivity index (χ1v) is 40.7. The lowest BCUT2D eigenvalue weighted by atomic mass is 9.47. The predicted octanol–water partition coefficient (Wildman–Crippen LogP) is 28.0. The number of carbonyl (C=O) groups is 2. The standard InChI is InChI=1S/C12H20.2C10H14O2.C10H8.C8H14.C7H14.C7H8.C6H12.C4H10.C3H8.6C2H6/c1-8-10-3-9-4-11(8)7-12(2,5-9)6-10;1-5-6-3-7-8(5)12-9(11)10(7,2)4-6;1-4-6-3-7-8(4)10(11)12-9(7)5(6)2;1-2-6-10-8-4-3-7-9(10)5-1;1-6-4-7-2-3-8(6)5-7;2*1-7-5-3-2-4-6-7;1-6-4-2-3-5-6;1-3-4-2;1-3-2;6*1-2/h8-11H,3-7H2,1-2H3;5-8H,3-4H2,1-2H3;4-9H,3H2,1-2H3;1-8H;6-8H,2-5H2,1H3;7H,2-6H2,1H3;2-6H,1H3;6H,2-5H2,1H3;3-4H2,1-2H3;3H2,1-2H3;6*1-2H3/t;5-,6?,7?,8?,10-;4-,5+,6?,7?,8?,9?;;6-,7?,8?;;;;;;;;;;;/m.10.1.........../s1. The number of carbonyl (C=O) groups excluding carboxylic acids is 2. The van der Waals surface area contributed by atoms with E-state index in [2.05, 4.69) is 158 Å². The monoisotopic (exact) mass is 1290 g/mol. The Kier molecular flexibility index (Phi) is 45.1. The van der Waals surface area contributed by atoms with E-state index in [0.29, 0.717) is 29.6 Å². The Morgan fingerprint density at radius 2 is 0.860 bits per heavy atom. The molecule has 0 spiro atoms. The summed E-state index contributed by atoms with van der Waals surface area (Å²) in [5, 5.41) is 2.62. The summed E-state index contributed by atoms with van der Waals surface area (Å²) < 4.78 is 10.8. The van der Waals surface area contributed by atoms with Gasteiger partial charge >= 0.3 is 11.9 Å². The summed E-state index contributed by atoms with van der Waals surface area (Å²) in [6, 6.07) is 27.0. The second-order valence-electron chi connectivity index (χ2n) is 30.3. The van der Waals surface area contributed by atoms with E-state index in [1.807, 2.05) is 101 Å². The zero-order valence-electron chi connectivity index (χ0n) is 66.6. The van der Waals surface area contributed by atoms with Crippen LogP contribution in [0.15, 0.2) is 78.9 Å². The van der Waals surface area contributed by atoms with Gasteiger partial charge < -0.3 is 9.47 Å². The molecule has 93 heavy (non-hydrogen) atoms. The number of ether oxygens (including phenoxy) is 2. The molecule has 0 N–H and O–H groups in total. The molecule has 10 bridgehead atoms. The van der Waals surface area contributed by atoms with Gasteiger partial charge in [-0.3, -0.25) is 9.59 Å². The van der Waals surface area contributed by atoms with Crippen molar-refractivity contribution in [3.8, 4) is 0 Å². The van der Waals surface area contributed by atoms with Gasteiger partial charge in [0.25, 0.3) is 0 Å². The van der Waals surface area contributed by atoms with Crippen LogP contribution in [0.5, 0.6) is 0 Å². The average molecular weight is 1290 g/mol. The summed E-state index contributed by atoms with van der Waals surface area (Å²) in [5.74, 6) is 14.7. The number of aryl methyl sites for hydroxylation is 1. The lowest BCUT2D eigenvalue weighted by Crippen LogP contribution is -2.48. The Bertz CT molecular complexity index is 2220. The first-order chi connectivity index (χ1) is 44.8. The summed E-state index contributed by atoms with van der Waals surface area (Å²) in [5.41, 5.74) is 2.01. The first kappa shape index (κ1) is 87.9. The Morgan fingerprint density at radius 3 is 1.18 bits per heavy atom. The molecular weight excluding hydrogens is 1130 g/mol. The van der Waals surface area contributed by atoms with Crippen LogP contribution in [-0.2, 0) is 19.1 Å². The molecule has 3 aromatic rings. The second-order valence-corrected chi connectivity index (χ2v) is 30.3. The smallest absolute Gasteiger partial charge is 0.312 e. The number of esters is 2. The molecule has 14 fully saturated rings. The first-order valence-electron chi connectivity index (χ1n) is 40.7. The van der Waals surface area contributed by atoms with Crippen molar-refractivity contribution in [2.75, 3.05) is 0 Å². The molecule has 4 nitrogen and oxygen atoms in total. The molecule has 0 amide bonds. The minimum atomic E-state index is -0.0954. The molecule has 11 unspecified atom stereocenters. The highest BCUT2D eigenvalue weighted by Gasteiger charge is 2.67. The molecule has 3 aromatic carbocycles. The third kappa shape index (κ3) is 26.2. The van der Waals surface area contributed by atoms with Gasteiger partial charge in [0.05, 0.1) is 11.3 Å². The maximum Gasteiger partial charge on any atom is 0.312 e. The minimum Gasteiger partial charge on any atom is -0.462 e. The van der Waals surface area contributed by atoms with Gasteiger partial charge in [0.1, 0.15) is 12.2 Å². The SMILES string of the molecule is CC.CC.CC.CC.CC.CC.CC1C2CC3CC1CC(C)(C3)C2.CC1CCCC1.CC1CCCCC1.CCC.CCCC.C[C@@H]1C2C(=O)OC3C2CC1[C@H]3C.C[C@@H]1C2CC3C1OC(=O)[C@]3(C)C2.C[C@@H]1CC2CCC1C2.Cc1ccccc1.c1ccc2ccccc2c1. The van der Waals surface area contributed by atoms with E-state index in [1.165, 1.54) is 106 Å². The van der Waals surface area contributed by atoms with Crippen molar-refractivity contribution in [1.29, 1.82) is 0 Å². The molecule has 0 radical (unpaired) electrons. The van der Waals surface area contributed by atoms with E-state index in [4.69, 9.17) is 9.47 Å². The lowest BCUT2D eigenvalue weighted by Gasteiger charge is -2.58. The number of fused-ring (bicyclic) bond motifs is 5. The van der Waals surface area contributed by atoms with E-state index >= 15 is 0 Å². The fraction of sp³-hybridized carbons (Fsp3) is 0.798. The molecule has 2 heterocycles. The average Bonchev–Trinajstić information content (AvgIpc) is 1.60. The van der Waals surface area contributed by atoms with E-state index < -0.39 is 0 Å². The van der Waals surface area contributed by atoms with Crippen molar-refractivity contribution < 1.29 is 19.1 Å². The maximum atomic E-state index is 11.5. The lowest BCUT2D eigenvalue weighted by molar-refractivity contribution is -0.147. The summed E-state index contributed by atoms with van der Waals surface area (Å²) in [6.45, 7) is 55.6. The molecule has 14 aliphatic rings. The fourth-order valence-electron chi connectivity index (χ4n) is 18.7. The van der Waals surface area contributed by atoms with Crippen molar-refractivity contribution >= 4 is 22.7 Å². The summed E-state index contributed by atoms with van der Waals surface area (Å²) in [7, 11) is 0. The van der Waals surface area contributed by atoms with Gasteiger partial charge in [0.2, 0.25) is 0 Å². The number of benzene rings is 3. The summed E-state index contributed by atoms with van der Waals surface area (Å²) in [4.78, 5) is 23.0. The van der Waals surface area contributed by atoms with Crippen LogP contribution in [0.3, 0.4) is 0 Å². The van der Waals surface area contributed by atoms with Crippen LogP contribution in [0.2, 0.25) is 0 Å². The van der Waals surface area contributed by atoms with Gasteiger partial charge in [-0.25, -0.2) is 0 Å². The maximum absolute atomic E-state index is 11.5. The molecule has 0 aromatic heterocycles. The van der Waals surface area contributed by atoms with Gasteiger partial charge in [-0.2, -0.15) is 0 Å². The summed E-state index contributed by atoms with van der Waals surface area (Å²) >= 11 is 0. The summed E-state index contributed by atoms with van der Waals surface area (Å²) in [6.07, 6.45) is 35.4. The van der Waals surface area contributed by atoms with Crippen LogP contribution in [0, 0.1) is 118 Å². The zero-order chi connectivity index (χ0) is 70.4. The predicted molar refractivity (Wildman–Crippen MR) is 412 cm³/mol. The number of hydrogen-bond acceptors (Lipinski definition) is 4. The van der Waals surface area contributed by atoms with E-state index in [-0.39, 0.29) is 35.5 Å². The molecular formula is C89H158O4. The third-order valence-corrected chi connectivity index (χ3v) is 23.6. The minimum absolute atomic E-state index is 0.0735. The van der Waals surface area contributed by atoms with Gasteiger partial charge in [-0.1, -0.05) is 334 Å². The number of hydrogen-bond donors (Lipinski definition) is 0. The molecule has 17 rings (SSSR count). The van der Waals surface area contributed by atoms with Crippen LogP contribution in [0.25, 0.3) is 10.8 Å². The van der Waals surface area contributed by atoms with Crippen LogP contribution < -0.4 is 0 Å². The van der Waals surface area contributed by atoms with Gasteiger partial charge in [0, 0.05) is 11.8 Å². The third-order valence-electron chi connectivity index (χ3n) is 23.6. The Labute approximate surface area is 580 Å². The molecule has 4 heteroatoms. The van der Waals surface area contributed by atoms with Crippen molar-refractivity contribution in [2.24, 2.45) is 111 Å². The molecule has 12 aliphatic carbocycles. The van der Waals surface area contributed by atoms with Crippen molar-refractivity contribution in [3.63, 3.8) is 0 Å². The van der Waals surface area contributed by atoms with E-state index in [1.54, 1.807) is 57.8 Å². The highest BCUT2D eigenvalue weighted by Crippen LogP contribution is 2.64. The van der Waals surface area contributed by atoms with Crippen LogP contribution in [-0.4, -0.2) is 24.1 Å². The molecule has 12 saturated carbocycles. The van der Waals surface area contributed by atoms with Crippen molar-refractivity contribution in [2.45, 2.75) is 346 Å². The zero-order valence-corrected chi connectivity index (χ0v) is 66.6. The van der Waals surface area contributed by atoms with Gasteiger partial charge in [-0.15, -0.1) is 0 Å². The van der Waals surface area contributed by atoms with E-state index in [9.17, 15) is 9.59 Å². The second kappa shape index (κ2) is 47.7. The Balaban J connectivity index is 0.000000516. The van der Waals surface area contributed by atoms with Crippen LogP contribution in [0.1, 0.15) is 333 Å². The molecule has 538 valence electrons. The molecule has 2 saturated heterocycles. The van der Waals surface area contributed by atoms with Crippen LogP contribution >= 0.6 is 0 Å². The molecule has 2 aliphatic heterocycles. The fourth-order valence-corrected chi connectivity index (χ4v) is 18.7. The molecule has 16 atom stereocenters. The van der Waals surface area contributed by atoms with Crippen molar-refractivity contribution in [3.05, 3.63) is 84.4 Å². The quantitative estimate of drug-likeness (QED) is 0.228. The normalized spacial score (nSPS) is 34.5. The largest absolute Gasteiger partial charge is 0.462 e. The Morgan fingerprint density at radius 1 is 0.419 bits per heavy atom. The Hall–Kier alpha value is -3.14. The highest BCUT2D eigenvalue weighted by molar-refractivity contribution is 5.82. The van der Waals surface area contributed by atoms with E-state index in [0.717, 1.165) is 76.9 Å². The highest BCUT2D eigenvalue weighted by atomic mass is 16.6. The number of rotatable bonds is 1.